The number of fused-ring (bicyclic) bond motifs is 1. The Bertz CT molecular complexity index is 1070. The fourth-order valence-electron chi connectivity index (χ4n) is 2.48. The number of benzene rings is 2. The summed E-state index contributed by atoms with van der Waals surface area (Å²) in [5.41, 5.74) is -4.25. The molecule has 0 N–H and O–H groups in total. The SMILES string of the molecule is COc1ccccc1-c1ccc(OS(=O)(=O)C(F)(F)F)c2ncccc12. The van der Waals surface area contributed by atoms with Crippen LogP contribution in [-0.2, 0) is 10.1 Å². The van der Waals surface area contributed by atoms with Crippen molar-refractivity contribution in [1.29, 1.82) is 0 Å². The van der Waals surface area contributed by atoms with E-state index < -0.39 is 21.4 Å². The van der Waals surface area contributed by atoms with Gasteiger partial charge in [-0.2, -0.15) is 21.6 Å². The normalized spacial score (nSPS) is 12.2. The fraction of sp³-hybridized carbons (Fsp3) is 0.118. The van der Waals surface area contributed by atoms with Gasteiger partial charge in [0.2, 0.25) is 0 Å². The van der Waals surface area contributed by atoms with Gasteiger partial charge in [0.05, 0.1) is 7.11 Å². The van der Waals surface area contributed by atoms with E-state index in [-0.39, 0.29) is 5.52 Å². The van der Waals surface area contributed by atoms with Gasteiger partial charge < -0.3 is 8.92 Å². The maximum absolute atomic E-state index is 12.6. The smallest absolute Gasteiger partial charge is 0.496 e. The highest BCUT2D eigenvalue weighted by atomic mass is 32.2. The molecule has 0 saturated carbocycles. The number of ether oxygens (including phenoxy) is 1. The van der Waals surface area contributed by atoms with Crippen LogP contribution in [-0.4, -0.2) is 26.0 Å². The molecule has 3 rings (SSSR count). The lowest BCUT2D eigenvalue weighted by atomic mass is 9.99. The summed E-state index contributed by atoms with van der Waals surface area (Å²) in [4.78, 5) is 3.99. The molecule has 3 aromatic rings. The van der Waals surface area contributed by atoms with Crippen LogP contribution in [0.2, 0.25) is 0 Å². The number of para-hydroxylation sites is 1. The van der Waals surface area contributed by atoms with Gasteiger partial charge in [-0.25, -0.2) is 0 Å². The van der Waals surface area contributed by atoms with Gasteiger partial charge in [0.15, 0.2) is 5.75 Å². The number of methoxy groups -OCH3 is 1. The summed E-state index contributed by atoms with van der Waals surface area (Å²) in [6.07, 6.45) is 1.33. The number of nitrogens with zero attached hydrogens (tertiary/aromatic N) is 1. The molecule has 26 heavy (non-hydrogen) atoms. The van der Waals surface area contributed by atoms with E-state index >= 15 is 0 Å². The van der Waals surface area contributed by atoms with Gasteiger partial charge in [-0.15, -0.1) is 0 Å². The zero-order valence-corrected chi connectivity index (χ0v) is 14.1. The molecule has 0 aliphatic carbocycles. The number of alkyl halides is 3. The first-order chi connectivity index (χ1) is 12.2. The van der Waals surface area contributed by atoms with Gasteiger partial charge in [-0.1, -0.05) is 24.3 Å². The Morgan fingerprint density at radius 3 is 2.35 bits per heavy atom. The average Bonchev–Trinajstić information content (AvgIpc) is 2.61. The summed E-state index contributed by atoms with van der Waals surface area (Å²) in [6.45, 7) is 0. The van der Waals surface area contributed by atoms with E-state index in [2.05, 4.69) is 9.17 Å². The molecule has 0 amide bonds. The molecule has 0 fully saturated rings. The van der Waals surface area contributed by atoms with Gasteiger partial charge in [0, 0.05) is 17.1 Å². The van der Waals surface area contributed by atoms with Crippen molar-refractivity contribution in [3.8, 4) is 22.6 Å². The quantitative estimate of drug-likeness (QED) is 0.500. The standard InChI is InChI=1S/C17H12F3NO4S/c1-24-14-7-3-2-5-12(14)11-8-9-15(16-13(11)6-4-10-21-16)25-26(22,23)17(18,19)20/h2-10H,1H3. The largest absolute Gasteiger partial charge is 0.534 e. The van der Waals surface area contributed by atoms with Gasteiger partial charge in [0.1, 0.15) is 11.3 Å². The second-order valence-electron chi connectivity index (χ2n) is 5.19. The topological polar surface area (TPSA) is 65.5 Å². The lowest BCUT2D eigenvalue weighted by molar-refractivity contribution is -0.0499. The van der Waals surface area contributed by atoms with Crippen molar-refractivity contribution >= 4 is 21.0 Å². The lowest BCUT2D eigenvalue weighted by Crippen LogP contribution is -2.28. The van der Waals surface area contributed by atoms with Crippen LogP contribution in [0.4, 0.5) is 13.2 Å². The second kappa shape index (κ2) is 6.49. The van der Waals surface area contributed by atoms with Crippen molar-refractivity contribution < 1.29 is 30.5 Å². The Hall–Kier alpha value is -2.81. The summed E-state index contributed by atoms with van der Waals surface area (Å²) >= 11 is 0. The van der Waals surface area contributed by atoms with Crippen molar-refractivity contribution in [1.82, 2.24) is 4.98 Å². The minimum atomic E-state index is -5.80. The first-order valence-corrected chi connectivity index (χ1v) is 8.67. The van der Waals surface area contributed by atoms with E-state index in [0.29, 0.717) is 22.3 Å². The average molecular weight is 383 g/mol. The minimum Gasteiger partial charge on any atom is -0.496 e. The molecule has 0 atom stereocenters. The molecule has 0 bridgehead atoms. The zero-order chi connectivity index (χ0) is 18.9. The third kappa shape index (κ3) is 3.17. The molecule has 9 heteroatoms. The minimum absolute atomic E-state index is 0.0104. The van der Waals surface area contributed by atoms with E-state index in [9.17, 15) is 21.6 Å². The summed E-state index contributed by atoms with van der Waals surface area (Å²) in [7, 11) is -4.30. The van der Waals surface area contributed by atoms with Crippen LogP contribution >= 0.6 is 0 Å². The Labute approximate surface area is 147 Å². The Morgan fingerprint density at radius 1 is 0.923 bits per heavy atom. The summed E-state index contributed by atoms with van der Waals surface area (Å²) in [5, 5.41) is 0.423. The zero-order valence-electron chi connectivity index (χ0n) is 13.3. The molecular formula is C17H12F3NO4S. The highest BCUT2D eigenvalue weighted by molar-refractivity contribution is 7.88. The van der Waals surface area contributed by atoms with E-state index in [0.717, 1.165) is 6.07 Å². The maximum Gasteiger partial charge on any atom is 0.534 e. The van der Waals surface area contributed by atoms with Crippen LogP contribution in [0.15, 0.2) is 54.7 Å². The first kappa shape index (κ1) is 18.0. The molecular weight excluding hydrogens is 371 g/mol. The van der Waals surface area contributed by atoms with Gasteiger partial charge >= 0.3 is 15.6 Å². The third-order valence-corrected chi connectivity index (χ3v) is 4.58. The Morgan fingerprint density at radius 2 is 1.65 bits per heavy atom. The number of halogens is 3. The van der Waals surface area contributed by atoms with Crippen molar-refractivity contribution in [2.75, 3.05) is 7.11 Å². The maximum atomic E-state index is 12.6. The van der Waals surface area contributed by atoms with Gasteiger partial charge in [-0.05, 0) is 29.8 Å². The summed E-state index contributed by atoms with van der Waals surface area (Å²) in [5.74, 6) is 0.0470. The molecule has 2 aromatic carbocycles. The van der Waals surface area contributed by atoms with Crippen LogP contribution in [0.1, 0.15) is 0 Å². The lowest BCUT2D eigenvalue weighted by Gasteiger charge is -2.14. The van der Waals surface area contributed by atoms with Crippen LogP contribution in [0.5, 0.6) is 11.5 Å². The molecule has 0 unspecified atom stereocenters. The van der Waals surface area contributed by atoms with Crippen molar-refractivity contribution in [2.24, 2.45) is 0 Å². The molecule has 0 aliphatic rings. The highest BCUT2D eigenvalue weighted by Crippen LogP contribution is 2.38. The predicted octanol–water partition coefficient (Wildman–Crippen LogP) is 4.14. The van der Waals surface area contributed by atoms with Crippen molar-refractivity contribution in [3.05, 3.63) is 54.7 Å². The summed E-state index contributed by atoms with van der Waals surface area (Å²) in [6, 6.07) is 12.8. The van der Waals surface area contributed by atoms with Crippen LogP contribution in [0.25, 0.3) is 22.0 Å². The number of pyridine rings is 1. The van der Waals surface area contributed by atoms with E-state index in [1.54, 1.807) is 36.4 Å². The molecule has 1 aromatic heterocycles. The first-order valence-electron chi connectivity index (χ1n) is 7.26. The van der Waals surface area contributed by atoms with Crippen LogP contribution in [0, 0.1) is 0 Å². The van der Waals surface area contributed by atoms with Gasteiger partial charge in [-0.3, -0.25) is 4.98 Å². The predicted molar refractivity (Wildman–Crippen MR) is 89.3 cm³/mol. The number of hydrogen-bond acceptors (Lipinski definition) is 5. The van der Waals surface area contributed by atoms with Crippen molar-refractivity contribution in [2.45, 2.75) is 5.51 Å². The molecule has 136 valence electrons. The number of rotatable bonds is 4. The van der Waals surface area contributed by atoms with E-state index in [4.69, 9.17) is 4.74 Å². The summed E-state index contributed by atoms with van der Waals surface area (Å²) < 4.78 is 70.1. The monoisotopic (exact) mass is 383 g/mol. The van der Waals surface area contributed by atoms with Crippen LogP contribution < -0.4 is 8.92 Å². The van der Waals surface area contributed by atoms with E-state index in [1.807, 2.05) is 0 Å². The number of aromatic nitrogens is 1. The molecule has 0 aliphatic heterocycles. The number of hydrogen-bond donors (Lipinski definition) is 0. The van der Waals surface area contributed by atoms with Gasteiger partial charge in [0.25, 0.3) is 0 Å². The third-order valence-electron chi connectivity index (χ3n) is 3.61. The molecule has 0 saturated heterocycles. The molecule has 1 heterocycles. The van der Waals surface area contributed by atoms with E-state index in [1.165, 1.54) is 19.4 Å². The highest BCUT2D eigenvalue weighted by Gasteiger charge is 2.48. The molecule has 5 nitrogen and oxygen atoms in total. The molecule has 0 spiro atoms. The van der Waals surface area contributed by atoms with Crippen LogP contribution in [0.3, 0.4) is 0 Å². The second-order valence-corrected chi connectivity index (χ2v) is 6.73. The Kier molecular flexibility index (Phi) is 4.49. The fourth-order valence-corrected chi connectivity index (χ4v) is 2.95. The molecule has 0 radical (unpaired) electrons. The van der Waals surface area contributed by atoms with Crippen molar-refractivity contribution in [3.63, 3.8) is 0 Å². The Balaban J connectivity index is 2.20.